The number of carbonyl (C=O) groups excluding carboxylic acids is 2. The number of nitrogens with one attached hydrogen (secondary N) is 1. The van der Waals surface area contributed by atoms with Crippen LogP contribution in [0.5, 0.6) is 5.75 Å². The number of alkyl halides is 1. The Kier molecular flexibility index (Phi) is 11.2. The van der Waals surface area contributed by atoms with Crippen molar-refractivity contribution in [1.82, 2.24) is 30.0 Å². The molecule has 5 saturated heterocycles. The number of piperazine rings is 1. The van der Waals surface area contributed by atoms with Crippen molar-refractivity contribution in [3.05, 3.63) is 78.4 Å². The summed E-state index contributed by atoms with van der Waals surface area (Å²) in [6.45, 7) is 7.14. The first kappa shape index (κ1) is 43.5. The van der Waals surface area contributed by atoms with Crippen molar-refractivity contribution in [2.45, 2.75) is 108 Å². The fourth-order valence-electron chi connectivity index (χ4n) is 12.5. The molecule has 1 spiro atoms. The number of aryl methyl sites for hydroxylation is 1. The van der Waals surface area contributed by atoms with E-state index >= 15 is 8.78 Å². The topological polar surface area (TPSA) is 152 Å². The second-order valence-corrected chi connectivity index (χ2v) is 20.2. The van der Waals surface area contributed by atoms with E-state index in [1.807, 2.05) is 35.2 Å². The van der Waals surface area contributed by atoms with Gasteiger partial charge in [0.05, 0.1) is 29.0 Å². The lowest BCUT2D eigenvalue weighted by molar-refractivity contribution is -0.120. The maximum atomic E-state index is 16.7. The number of halogens is 2. The number of hydrogen-bond acceptors (Lipinski definition) is 11. The zero-order valence-corrected chi connectivity index (χ0v) is 38.3. The van der Waals surface area contributed by atoms with E-state index in [9.17, 15) is 14.7 Å². The molecule has 2 aromatic carbocycles. The predicted molar refractivity (Wildman–Crippen MR) is 257 cm³/mol. The normalized spacial score (nSPS) is 23.4. The van der Waals surface area contributed by atoms with Gasteiger partial charge in [-0.15, -0.1) is 10.2 Å². The van der Waals surface area contributed by atoms with E-state index < -0.39 is 11.7 Å². The van der Waals surface area contributed by atoms with E-state index in [-0.39, 0.29) is 41.4 Å². The van der Waals surface area contributed by atoms with Crippen LogP contribution in [-0.4, -0.2) is 112 Å². The van der Waals surface area contributed by atoms with Crippen molar-refractivity contribution in [3.8, 4) is 17.0 Å². The SMILES string of the molecule is CCc1cn(C2CCC3(CC2)CCN(CC2(F)CCN(c4cc(N5C6CCC5CN(c5cc(-c7ccccc7O)nnc5N)C6)ccc4F)CC2)CC3)c2ncc(N3CCC(=O)NC3=O)cc12. The summed E-state index contributed by atoms with van der Waals surface area (Å²) in [6, 6.07) is 16.8. The highest BCUT2D eigenvalue weighted by Gasteiger charge is 2.44. The number of nitrogens with zero attached hydrogens (tertiary/aromatic N) is 9. The van der Waals surface area contributed by atoms with Gasteiger partial charge in [-0.05, 0) is 124 Å². The fraction of sp³-hybridized carbons (Fsp3) is 0.510. The molecule has 5 aliphatic heterocycles. The van der Waals surface area contributed by atoms with Crippen LogP contribution in [0.2, 0.25) is 0 Å². The number of piperidine rings is 2. The molecule has 2 atom stereocenters. The molecule has 2 bridgehead atoms. The van der Waals surface area contributed by atoms with Gasteiger partial charge < -0.3 is 35.0 Å². The molecule has 3 amide bonds. The number of aromatic nitrogens is 4. The summed E-state index contributed by atoms with van der Waals surface area (Å²) in [5, 5.41) is 22.5. The summed E-state index contributed by atoms with van der Waals surface area (Å²) in [6.07, 6.45) is 14.5. The quantitative estimate of drug-likeness (QED) is 0.132. The highest BCUT2D eigenvalue weighted by Crippen LogP contribution is 2.49. The highest BCUT2D eigenvalue weighted by atomic mass is 19.1. The molecular formula is C51H61F2N11O3. The van der Waals surface area contributed by atoms with Crippen LogP contribution in [0, 0.1) is 11.2 Å². The van der Waals surface area contributed by atoms with E-state index in [1.54, 1.807) is 29.3 Å². The van der Waals surface area contributed by atoms with Crippen LogP contribution in [0.4, 0.5) is 42.1 Å². The number of benzene rings is 2. The minimum absolute atomic E-state index is 0.138. The monoisotopic (exact) mass is 913 g/mol. The molecule has 6 fully saturated rings. The molecule has 3 aromatic heterocycles. The average molecular weight is 914 g/mol. The molecule has 8 heterocycles. The number of fused-ring (bicyclic) bond motifs is 3. The van der Waals surface area contributed by atoms with Crippen LogP contribution >= 0.6 is 0 Å². The summed E-state index contributed by atoms with van der Waals surface area (Å²) in [4.78, 5) is 39.9. The van der Waals surface area contributed by atoms with Crippen LogP contribution < -0.4 is 30.7 Å². The van der Waals surface area contributed by atoms with Crippen molar-refractivity contribution in [2.75, 3.05) is 77.7 Å². The Labute approximate surface area is 390 Å². The van der Waals surface area contributed by atoms with E-state index in [0.29, 0.717) is 73.5 Å². The molecule has 5 aromatic rings. The lowest BCUT2D eigenvalue weighted by Gasteiger charge is -2.48. The Morgan fingerprint density at radius 3 is 2.28 bits per heavy atom. The maximum absolute atomic E-state index is 16.7. The third-order valence-electron chi connectivity index (χ3n) is 16.3. The zero-order chi connectivity index (χ0) is 46.0. The summed E-state index contributed by atoms with van der Waals surface area (Å²) < 4.78 is 34.8. The van der Waals surface area contributed by atoms with Gasteiger partial charge in [0.15, 0.2) is 5.82 Å². The molecule has 6 aliphatic rings. The summed E-state index contributed by atoms with van der Waals surface area (Å²) in [5.74, 6) is -0.0283. The molecule has 16 heteroatoms. The number of hydrogen-bond donors (Lipinski definition) is 3. The number of imide groups is 1. The Balaban J connectivity index is 0.683. The molecule has 4 N–H and O–H groups in total. The minimum atomic E-state index is -1.31. The number of rotatable bonds is 9. The first-order chi connectivity index (χ1) is 32.4. The minimum Gasteiger partial charge on any atom is -0.507 e. The van der Waals surface area contributed by atoms with E-state index in [1.165, 1.54) is 5.56 Å². The van der Waals surface area contributed by atoms with Crippen LogP contribution in [0.3, 0.4) is 0 Å². The second-order valence-electron chi connectivity index (χ2n) is 20.2. The molecule has 1 saturated carbocycles. The summed E-state index contributed by atoms with van der Waals surface area (Å²) >= 11 is 0. The van der Waals surface area contributed by atoms with Crippen LogP contribution in [0.15, 0.2) is 67.0 Å². The Morgan fingerprint density at radius 2 is 1.57 bits per heavy atom. The molecular weight excluding hydrogens is 853 g/mol. The van der Waals surface area contributed by atoms with Crippen LogP contribution in [0.1, 0.15) is 89.2 Å². The predicted octanol–water partition coefficient (Wildman–Crippen LogP) is 7.99. The average Bonchev–Trinajstić information content (AvgIpc) is 3.83. The maximum Gasteiger partial charge on any atom is 0.328 e. The van der Waals surface area contributed by atoms with E-state index in [0.717, 1.165) is 106 Å². The Morgan fingerprint density at radius 1 is 0.821 bits per heavy atom. The number of para-hydroxylation sites is 1. The fourth-order valence-corrected chi connectivity index (χ4v) is 12.5. The van der Waals surface area contributed by atoms with Crippen molar-refractivity contribution in [2.24, 2.45) is 5.41 Å². The number of likely N-dealkylation sites (tertiary alicyclic amines) is 1. The number of pyridine rings is 1. The molecule has 11 rings (SSSR count). The highest BCUT2D eigenvalue weighted by molar-refractivity contribution is 6.06. The number of carbonyl (C=O) groups is 2. The standard InChI is InChI=1S/C51H61F2N11O3/c1-2-33-29-63(48-40(33)25-38(28-55-48)62-20-13-46(66)56-49(62)67)34-11-14-50(15-12-34)16-21-59(22-17-50)32-51(53)18-23-60(24-19-51)43-26-35(9-10-41(43)52)64-36-7-8-37(64)31-61(30-36)44-27-42(57-58-47(44)54)39-5-3-4-6-45(39)65/h3-6,9-10,25-29,34,36-37,65H,2,7-8,11-24,30-32H2,1H3,(H2,54,58)(H,56,66,67). The van der Waals surface area contributed by atoms with Gasteiger partial charge >= 0.3 is 6.03 Å². The number of amides is 3. The largest absolute Gasteiger partial charge is 0.507 e. The lowest BCUT2D eigenvalue weighted by atomic mass is 9.67. The Bertz CT molecular complexity index is 2670. The lowest BCUT2D eigenvalue weighted by Crippen LogP contribution is -2.54. The zero-order valence-electron chi connectivity index (χ0n) is 38.3. The first-order valence-electron chi connectivity index (χ1n) is 24.5. The van der Waals surface area contributed by atoms with Crippen molar-refractivity contribution in [3.63, 3.8) is 0 Å². The number of phenols is 1. The second kappa shape index (κ2) is 17.2. The number of nitrogen functional groups attached to an aromatic ring is 1. The first-order valence-corrected chi connectivity index (χ1v) is 24.5. The van der Waals surface area contributed by atoms with Gasteiger partial charge in [-0.3, -0.25) is 15.0 Å². The summed E-state index contributed by atoms with van der Waals surface area (Å²) in [7, 11) is 0. The molecule has 67 heavy (non-hydrogen) atoms. The number of nitrogens with two attached hydrogens (primary N) is 1. The van der Waals surface area contributed by atoms with Gasteiger partial charge in [0.1, 0.15) is 22.9 Å². The summed E-state index contributed by atoms with van der Waals surface area (Å²) in [5.41, 5.74) is 11.8. The Hall–Kier alpha value is -6.03. The van der Waals surface area contributed by atoms with Crippen molar-refractivity contribution in [1.29, 1.82) is 0 Å². The van der Waals surface area contributed by atoms with E-state index in [4.69, 9.17) is 10.7 Å². The number of anilines is 5. The van der Waals surface area contributed by atoms with E-state index in [2.05, 4.69) is 54.0 Å². The number of aromatic hydroxyl groups is 1. The van der Waals surface area contributed by atoms with Gasteiger partial charge in [-0.25, -0.2) is 18.6 Å². The molecule has 1 aliphatic carbocycles. The smallest absolute Gasteiger partial charge is 0.328 e. The van der Waals surface area contributed by atoms with Gasteiger partial charge in [0.25, 0.3) is 0 Å². The molecule has 14 nitrogen and oxygen atoms in total. The number of phenolic OH excluding ortho intramolecular Hbond substituents is 1. The van der Waals surface area contributed by atoms with Gasteiger partial charge in [0, 0.05) is 99.5 Å². The van der Waals surface area contributed by atoms with Crippen LogP contribution in [0.25, 0.3) is 22.3 Å². The molecule has 2 unspecified atom stereocenters. The van der Waals surface area contributed by atoms with Gasteiger partial charge in [-0.1, -0.05) is 19.1 Å². The van der Waals surface area contributed by atoms with Gasteiger partial charge in [0.2, 0.25) is 5.91 Å². The molecule has 0 radical (unpaired) electrons. The number of urea groups is 1. The third-order valence-corrected chi connectivity index (χ3v) is 16.3. The van der Waals surface area contributed by atoms with Crippen molar-refractivity contribution < 1.29 is 23.5 Å². The van der Waals surface area contributed by atoms with Gasteiger partial charge in [-0.2, -0.15) is 0 Å². The van der Waals surface area contributed by atoms with Crippen LogP contribution in [-0.2, 0) is 11.2 Å². The third kappa shape index (κ3) is 8.18. The van der Waals surface area contributed by atoms with Crippen molar-refractivity contribution >= 4 is 51.5 Å². The molecule has 352 valence electrons.